The van der Waals surface area contributed by atoms with Gasteiger partial charge in [0.15, 0.2) is 5.82 Å². The first-order chi connectivity index (χ1) is 11.4. The number of aryl methyl sites for hydroxylation is 1. The molecule has 0 radical (unpaired) electrons. The zero-order valence-electron chi connectivity index (χ0n) is 12.9. The van der Waals surface area contributed by atoms with E-state index < -0.39 is 41.0 Å². The van der Waals surface area contributed by atoms with E-state index in [9.17, 15) is 31.1 Å². The molecule has 25 heavy (non-hydrogen) atoms. The van der Waals surface area contributed by atoms with Gasteiger partial charge in [-0.3, -0.25) is 9.89 Å². The van der Waals surface area contributed by atoms with E-state index in [-0.39, 0.29) is 11.9 Å². The molecular formula is C14H12F6N4O. The Morgan fingerprint density at radius 3 is 2.00 bits per heavy atom. The molecule has 2 rings (SSSR count). The van der Waals surface area contributed by atoms with Crippen LogP contribution in [0.3, 0.4) is 0 Å². The molecule has 0 aliphatic rings. The Hall–Kier alpha value is -2.59. The molecule has 11 heteroatoms. The van der Waals surface area contributed by atoms with Gasteiger partial charge in [0.25, 0.3) is 5.91 Å². The van der Waals surface area contributed by atoms with Crippen molar-refractivity contribution in [3.8, 4) is 0 Å². The van der Waals surface area contributed by atoms with Gasteiger partial charge in [-0.15, -0.1) is 0 Å². The minimum absolute atomic E-state index is 0.0428. The summed E-state index contributed by atoms with van der Waals surface area (Å²) >= 11 is 0. The number of carbonyl (C=O) groups is 1. The molecule has 0 spiro atoms. The Balaban J connectivity index is 2.35. The fraction of sp³-hybridized carbons (Fsp3) is 0.357. The third kappa shape index (κ3) is 4.48. The zero-order chi connectivity index (χ0) is 19.0. The molecule has 2 aromatic rings. The van der Waals surface area contributed by atoms with Crippen LogP contribution in [0, 0.1) is 6.92 Å². The summed E-state index contributed by atoms with van der Waals surface area (Å²) in [4.78, 5) is 16.0. The molecule has 0 saturated heterocycles. The SMILES string of the molecule is Cc1nc([C@@H](C)NC(=O)c2cc(C(F)(F)F)cc(C(F)(F)F)c2)n[nH]1. The summed E-state index contributed by atoms with van der Waals surface area (Å²) in [6.45, 7) is 3.03. The molecule has 5 nitrogen and oxygen atoms in total. The zero-order valence-corrected chi connectivity index (χ0v) is 12.9. The Kier molecular flexibility index (Phi) is 4.78. The van der Waals surface area contributed by atoms with Crippen LogP contribution in [-0.4, -0.2) is 21.1 Å². The lowest BCUT2D eigenvalue weighted by atomic mass is 10.0. The first-order valence-corrected chi connectivity index (χ1v) is 6.87. The Labute approximate surface area is 137 Å². The lowest BCUT2D eigenvalue weighted by molar-refractivity contribution is -0.143. The van der Waals surface area contributed by atoms with Crippen LogP contribution in [0.5, 0.6) is 0 Å². The quantitative estimate of drug-likeness (QED) is 0.815. The number of nitrogens with one attached hydrogen (secondary N) is 2. The summed E-state index contributed by atoms with van der Waals surface area (Å²) in [6.07, 6.45) is -10.1. The van der Waals surface area contributed by atoms with Gasteiger partial charge >= 0.3 is 12.4 Å². The molecule has 0 fully saturated rings. The number of halogens is 6. The molecule has 1 heterocycles. The van der Waals surface area contributed by atoms with Crippen LogP contribution in [0.25, 0.3) is 0 Å². The largest absolute Gasteiger partial charge is 0.416 e. The molecule has 0 aliphatic heterocycles. The van der Waals surface area contributed by atoms with Gasteiger partial charge in [0, 0.05) is 5.56 Å². The topological polar surface area (TPSA) is 70.7 Å². The molecule has 0 bridgehead atoms. The predicted octanol–water partition coefficient (Wildman–Crippen LogP) is 3.64. The number of benzene rings is 1. The van der Waals surface area contributed by atoms with Crippen molar-refractivity contribution < 1.29 is 31.1 Å². The first-order valence-electron chi connectivity index (χ1n) is 6.87. The third-order valence-electron chi connectivity index (χ3n) is 3.20. The minimum atomic E-state index is -5.03. The summed E-state index contributed by atoms with van der Waals surface area (Å²) in [5, 5.41) is 8.54. The van der Waals surface area contributed by atoms with Crippen molar-refractivity contribution in [2.24, 2.45) is 0 Å². The Bertz CT molecular complexity index is 748. The fourth-order valence-electron chi connectivity index (χ4n) is 1.98. The molecule has 0 unspecified atom stereocenters. The van der Waals surface area contributed by atoms with Crippen molar-refractivity contribution in [1.29, 1.82) is 0 Å². The van der Waals surface area contributed by atoms with Gasteiger partial charge in [-0.2, -0.15) is 31.4 Å². The molecular weight excluding hydrogens is 354 g/mol. The van der Waals surface area contributed by atoms with Crippen molar-refractivity contribution in [3.05, 3.63) is 46.5 Å². The number of aromatic nitrogens is 3. The van der Waals surface area contributed by atoms with E-state index >= 15 is 0 Å². The maximum absolute atomic E-state index is 12.8. The summed E-state index contributed by atoms with van der Waals surface area (Å²) in [5.41, 5.74) is -3.89. The highest BCUT2D eigenvalue weighted by Gasteiger charge is 2.37. The van der Waals surface area contributed by atoms with Crippen LogP contribution in [0.4, 0.5) is 26.3 Å². The summed E-state index contributed by atoms with van der Waals surface area (Å²) in [7, 11) is 0. The summed E-state index contributed by atoms with van der Waals surface area (Å²) < 4.78 is 76.8. The van der Waals surface area contributed by atoms with Gasteiger partial charge < -0.3 is 5.32 Å². The number of aromatic amines is 1. The van der Waals surface area contributed by atoms with Crippen molar-refractivity contribution in [2.45, 2.75) is 32.2 Å². The molecule has 1 amide bonds. The molecule has 0 aliphatic carbocycles. The molecule has 136 valence electrons. The number of hydrogen-bond acceptors (Lipinski definition) is 3. The first kappa shape index (κ1) is 18.7. The number of rotatable bonds is 3. The average molecular weight is 366 g/mol. The third-order valence-corrected chi connectivity index (χ3v) is 3.20. The fourth-order valence-corrected chi connectivity index (χ4v) is 1.98. The second kappa shape index (κ2) is 6.37. The highest BCUT2D eigenvalue weighted by atomic mass is 19.4. The highest BCUT2D eigenvalue weighted by Crippen LogP contribution is 2.36. The summed E-state index contributed by atoms with van der Waals surface area (Å²) in [5.74, 6) is -0.519. The number of carbonyl (C=O) groups excluding carboxylic acids is 1. The second-order valence-corrected chi connectivity index (χ2v) is 5.27. The highest BCUT2D eigenvalue weighted by molar-refractivity contribution is 5.94. The maximum atomic E-state index is 12.8. The molecule has 0 saturated carbocycles. The van der Waals surface area contributed by atoms with Gasteiger partial charge in [0.2, 0.25) is 0 Å². The Morgan fingerprint density at radius 1 is 1.08 bits per heavy atom. The number of alkyl halides is 6. The van der Waals surface area contributed by atoms with E-state index in [0.717, 1.165) is 0 Å². The molecule has 1 atom stereocenters. The van der Waals surface area contributed by atoms with Crippen molar-refractivity contribution in [1.82, 2.24) is 20.5 Å². The number of H-pyrrole nitrogens is 1. The average Bonchev–Trinajstić information content (AvgIpc) is 2.91. The molecule has 2 N–H and O–H groups in total. The van der Waals surface area contributed by atoms with Crippen LogP contribution in [0.2, 0.25) is 0 Å². The molecule has 1 aromatic carbocycles. The van der Waals surface area contributed by atoms with Gasteiger partial charge in [0.1, 0.15) is 5.82 Å². The van der Waals surface area contributed by atoms with Crippen molar-refractivity contribution in [2.75, 3.05) is 0 Å². The second-order valence-electron chi connectivity index (χ2n) is 5.27. The normalized spacial score (nSPS) is 13.6. The van der Waals surface area contributed by atoms with E-state index in [1.54, 1.807) is 6.92 Å². The number of hydrogen-bond donors (Lipinski definition) is 2. The van der Waals surface area contributed by atoms with Crippen LogP contribution in [0.15, 0.2) is 18.2 Å². The van der Waals surface area contributed by atoms with E-state index in [1.165, 1.54) is 6.92 Å². The van der Waals surface area contributed by atoms with Crippen LogP contribution >= 0.6 is 0 Å². The number of nitrogens with zero attached hydrogens (tertiary/aromatic N) is 2. The van der Waals surface area contributed by atoms with E-state index in [2.05, 4.69) is 20.5 Å². The molecule has 1 aromatic heterocycles. The van der Waals surface area contributed by atoms with E-state index in [0.29, 0.717) is 18.0 Å². The van der Waals surface area contributed by atoms with E-state index in [1.807, 2.05) is 0 Å². The van der Waals surface area contributed by atoms with Crippen molar-refractivity contribution >= 4 is 5.91 Å². The smallest absolute Gasteiger partial charge is 0.342 e. The standard InChI is InChI=1S/C14H12F6N4O/c1-6(11-22-7(2)23-24-11)21-12(25)8-3-9(13(15,16)17)5-10(4-8)14(18,19)20/h3-6H,1-2H3,(H,21,25)(H,22,23,24)/t6-/m1/s1. The number of amides is 1. The summed E-state index contributed by atoms with van der Waals surface area (Å²) in [6, 6.07) is -0.138. The van der Waals surface area contributed by atoms with Crippen LogP contribution < -0.4 is 5.32 Å². The maximum Gasteiger partial charge on any atom is 0.416 e. The van der Waals surface area contributed by atoms with Crippen LogP contribution in [-0.2, 0) is 12.4 Å². The van der Waals surface area contributed by atoms with Gasteiger partial charge in [-0.1, -0.05) is 0 Å². The lowest BCUT2D eigenvalue weighted by Gasteiger charge is -2.15. The van der Waals surface area contributed by atoms with Gasteiger partial charge in [0.05, 0.1) is 17.2 Å². The monoisotopic (exact) mass is 366 g/mol. The van der Waals surface area contributed by atoms with E-state index in [4.69, 9.17) is 0 Å². The lowest BCUT2D eigenvalue weighted by Crippen LogP contribution is -2.28. The minimum Gasteiger partial charge on any atom is -0.342 e. The van der Waals surface area contributed by atoms with Gasteiger partial charge in [-0.05, 0) is 32.0 Å². The van der Waals surface area contributed by atoms with Crippen molar-refractivity contribution in [3.63, 3.8) is 0 Å². The van der Waals surface area contributed by atoms with Crippen LogP contribution in [0.1, 0.15) is 46.1 Å². The Morgan fingerprint density at radius 2 is 1.60 bits per heavy atom. The van der Waals surface area contributed by atoms with Gasteiger partial charge in [-0.25, -0.2) is 4.98 Å². The predicted molar refractivity (Wildman–Crippen MR) is 73.4 cm³/mol.